The molecule has 0 atom stereocenters. The average molecular weight is 215 g/mol. The minimum atomic E-state index is -1.17. The van der Waals surface area contributed by atoms with Gasteiger partial charge in [0.25, 0.3) is 0 Å². The normalized spacial score (nSPS) is 11.4. The van der Waals surface area contributed by atoms with Gasteiger partial charge in [0, 0.05) is 5.41 Å². The summed E-state index contributed by atoms with van der Waals surface area (Å²) >= 11 is 5.69. The molecule has 0 aliphatic carbocycles. The summed E-state index contributed by atoms with van der Waals surface area (Å²) in [5, 5.41) is 8.87. The lowest BCUT2D eigenvalue weighted by Gasteiger charge is -2.17. The molecule has 1 heterocycles. The fourth-order valence-corrected chi connectivity index (χ4v) is 1.08. The topological polar surface area (TPSA) is 63.1 Å². The van der Waals surface area contributed by atoms with Crippen LogP contribution in [0.4, 0.5) is 0 Å². The Morgan fingerprint density at radius 2 is 2.00 bits per heavy atom. The van der Waals surface area contributed by atoms with Gasteiger partial charge in [-0.05, 0) is 6.07 Å². The van der Waals surface area contributed by atoms with Crippen molar-refractivity contribution in [1.29, 1.82) is 0 Å². The smallest absolute Gasteiger partial charge is 0.373 e. The van der Waals surface area contributed by atoms with Crippen LogP contribution in [-0.4, -0.2) is 21.0 Å². The number of carbonyl (C=O) groups is 1. The molecule has 0 fully saturated rings. The van der Waals surface area contributed by atoms with E-state index in [0.717, 1.165) is 0 Å². The molecular weight excluding hydrogens is 204 g/mol. The zero-order valence-electron chi connectivity index (χ0n) is 8.21. The minimum absolute atomic E-state index is 0.155. The van der Waals surface area contributed by atoms with Crippen molar-refractivity contribution in [2.24, 2.45) is 0 Å². The van der Waals surface area contributed by atoms with Crippen LogP contribution in [-0.2, 0) is 5.41 Å². The van der Waals surface area contributed by atoms with Gasteiger partial charge in [0.15, 0.2) is 0 Å². The van der Waals surface area contributed by atoms with E-state index in [1.807, 2.05) is 20.8 Å². The summed E-state index contributed by atoms with van der Waals surface area (Å²) in [5.41, 5.74) is 0.381. The van der Waals surface area contributed by atoms with E-state index in [2.05, 4.69) is 9.97 Å². The summed E-state index contributed by atoms with van der Waals surface area (Å²) in [5.74, 6) is -1.43. The van der Waals surface area contributed by atoms with Crippen molar-refractivity contribution in [3.63, 3.8) is 0 Å². The van der Waals surface area contributed by atoms with Gasteiger partial charge < -0.3 is 5.11 Å². The monoisotopic (exact) mass is 214 g/mol. The molecule has 0 aliphatic rings. The number of aromatic nitrogens is 2. The van der Waals surface area contributed by atoms with E-state index in [4.69, 9.17) is 16.7 Å². The Balaban J connectivity index is 3.28. The quantitative estimate of drug-likeness (QED) is 0.728. The number of aromatic carboxylic acids is 1. The first kappa shape index (κ1) is 10.9. The number of carboxylic acid groups (broad SMARTS) is 1. The highest BCUT2D eigenvalue weighted by Crippen LogP contribution is 2.22. The van der Waals surface area contributed by atoms with Gasteiger partial charge >= 0.3 is 5.97 Å². The predicted octanol–water partition coefficient (Wildman–Crippen LogP) is 2.13. The van der Waals surface area contributed by atoms with E-state index >= 15 is 0 Å². The number of nitrogens with zero attached hydrogens (tertiary/aromatic N) is 2. The van der Waals surface area contributed by atoms with Crippen molar-refractivity contribution in [1.82, 2.24) is 9.97 Å². The van der Waals surface area contributed by atoms with Gasteiger partial charge in [0.2, 0.25) is 5.82 Å². The number of hydrogen-bond acceptors (Lipinski definition) is 3. The standard InChI is InChI=1S/C9H11ClN2O2/c1-9(2,3)5-4-6(10)12-7(11-5)8(13)14/h4H,1-3H3,(H,13,14). The second-order valence-corrected chi connectivity index (χ2v) is 4.34. The van der Waals surface area contributed by atoms with Crippen molar-refractivity contribution in [3.8, 4) is 0 Å². The molecule has 1 aromatic rings. The summed E-state index contributed by atoms with van der Waals surface area (Å²) in [6.45, 7) is 5.78. The van der Waals surface area contributed by atoms with Crippen LogP contribution in [0.5, 0.6) is 0 Å². The van der Waals surface area contributed by atoms with Gasteiger partial charge in [-0.25, -0.2) is 14.8 Å². The maximum Gasteiger partial charge on any atom is 0.373 e. The lowest BCUT2D eigenvalue weighted by Crippen LogP contribution is -2.17. The number of halogens is 1. The molecule has 76 valence electrons. The molecule has 1 aromatic heterocycles. The molecule has 0 bridgehead atoms. The van der Waals surface area contributed by atoms with Gasteiger partial charge in [-0.15, -0.1) is 0 Å². The molecule has 0 aliphatic heterocycles. The highest BCUT2D eigenvalue weighted by atomic mass is 35.5. The van der Waals surface area contributed by atoms with Gasteiger partial charge in [-0.3, -0.25) is 0 Å². The molecule has 0 radical (unpaired) electrons. The Morgan fingerprint density at radius 1 is 1.43 bits per heavy atom. The number of carboxylic acids is 1. The highest BCUT2D eigenvalue weighted by Gasteiger charge is 2.19. The van der Waals surface area contributed by atoms with Gasteiger partial charge in [0.1, 0.15) is 5.15 Å². The minimum Gasteiger partial charge on any atom is -0.475 e. The fraction of sp³-hybridized carbons (Fsp3) is 0.444. The van der Waals surface area contributed by atoms with Crippen LogP contribution >= 0.6 is 11.6 Å². The number of hydrogen-bond donors (Lipinski definition) is 1. The Hall–Kier alpha value is -1.16. The Labute approximate surface area is 87.0 Å². The van der Waals surface area contributed by atoms with Crippen LogP contribution in [0.1, 0.15) is 37.1 Å². The fourth-order valence-electron chi connectivity index (χ4n) is 0.897. The van der Waals surface area contributed by atoms with Crippen LogP contribution in [0, 0.1) is 0 Å². The Kier molecular flexibility index (Phi) is 2.76. The van der Waals surface area contributed by atoms with E-state index in [1.54, 1.807) is 6.07 Å². The van der Waals surface area contributed by atoms with E-state index in [0.29, 0.717) is 5.69 Å². The first-order valence-corrected chi connectivity index (χ1v) is 4.47. The van der Waals surface area contributed by atoms with E-state index in [-0.39, 0.29) is 16.4 Å². The second-order valence-electron chi connectivity index (χ2n) is 3.95. The van der Waals surface area contributed by atoms with Crippen LogP contribution in [0.3, 0.4) is 0 Å². The second kappa shape index (κ2) is 3.53. The van der Waals surface area contributed by atoms with Crippen molar-refractivity contribution in [2.45, 2.75) is 26.2 Å². The Morgan fingerprint density at radius 3 is 2.43 bits per heavy atom. The third kappa shape index (κ3) is 2.42. The van der Waals surface area contributed by atoms with E-state index in [9.17, 15) is 4.79 Å². The first-order valence-electron chi connectivity index (χ1n) is 4.09. The van der Waals surface area contributed by atoms with Crippen molar-refractivity contribution < 1.29 is 9.90 Å². The third-order valence-corrected chi connectivity index (χ3v) is 1.85. The maximum atomic E-state index is 10.6. The summed E-state index contributed by atoms with van der Waals surface area (Å²) in [4.78, 5) is 18.2. The lowest BCUT2D eigenvalue weighted by molar-refractivity contribution is 0.0683. The molecule has 14 heavy (non-hydrogen) atoms. The van der Waals surface area contributed by atoms with Gasteiger partial charge in [-0.2, -0.15) is 0 Å². The predicted molar refractivity (Wildman–Crippen MR) is 52.7 cm³/mol. The molecular formula is C9H11ClN2O2. The van der Waals surface area contributed by atoms with Gasteiger partial charge in [0.05, 0.1) is 5.69 Å². The largest absolute Gasteiger partial charge is 0.475 e. The summed E-state index contributed by atoms with van der Waals surface area (Å²) in [6.07, 6.45) is 0. The zero-order chi connectivity index (χ0) is 10.9. The van der Waals surface area contributed by atoms with Crippen molar-refractivity contribution >= 4 is 17.6 Å². The molecule has 1 rings (SSSR count). The molecule has 0 aromatic carbocycles. The van der Waals surface area contributed by atoms with E-state index in [1.165, 1.54) is 0 Å². The van der Waals surface area contributed by atoms with Crippen molar-refractivity contribution in [3.05, 3.63) is 22.7 Å². The zero-order valence-corrected chi connectivity index (χ0v) is 8.96. The lowest BCUT2D eigenvalue weighted by atomic mass is 9.92. The summed E-state index contributed by atoms with van der Waals surface area (Å²) in [7, 11) is 0. The van der Waals surface area contributed by atoms with Crippen molar-refractivity contribution in [2.75, 3.05) is 0 Å². The molecule has 0 amide bonds. The first-order chi connectivity index (χ1) is 6.30. The maximum absolute atomic E-state index is 10.6. The Bertz CT molecular complexity index is 372. The van der Waals surface area contributed by atoms with Gasteiger partial charge in [-0.1, -0.05) is 32.4 Å². The van der Waals surface area contributed by atoms with Crippen LogP contribution in [0.25, 0.3) is 0 Å². The number of rotatable bonds is 1. The molecule has 5 heteroatoms. The highest BCUT2D eigenvalue weighted by molar-refractivity contribution is 6.29. The molecule has 0 saturated heterocycles. The molecule has 4 nitrogen and oxygen atoms in total. The summed E-state index contributed by atoms with van der Waals surface area (Å²) < 4.78 is 0. The third-order valence-electron chi connectivity index (χ3n) is 1.65. The molecule has 1 N–H and O–H groups in total. The van der Waals surface area contributed by atoms with Crippen LogP contribution in [0.15, 0.2) is 6.07 Å². The molecule has 0 unspecified atom stereocenters. The van der Waals surface area contributed by atoms with Crippen LogP contribution in [0.2, 0.25) is 5.15 Å². The molecule has 0 spiro atoms. The summed E-state index contributed by atoms with van der Waals surface area (Å²) in [6, 6.07) is 1.58. The van der Waals surface area contributed by atoms with E-state index < -0.39 is 5.97 Å². The average Bonchev–Trinajstić information content (AvgIpc) is 2.01. The van der Waals surface area contributed by atoms with Crippen LogP contribution < -0.4 is 0 Å². The molecule has 0 saturated carbocycles. The SMILES string of the molecule is CC(C)(C)c1cc(Cl)nc(C(=O)O)n1.